The topological polar surface area (TPSA) is 84.9 Å². The van der Waals surface area contributed by atoms with Gasteiger partial charge in [0.05, 0.1) is 22.7 Å². The standard InChI is InChI=1S/C24H31BN2O5S.C2H6/c1-23(2)24(3,4)32-25(31-23)20-9-11-21(12-10-20)26-22(28)19-7-5-18(6-8-19)17-27-13-15-33(29,30)16-14-27;1-2/h5-12H,13-17H2,1-4H3,(H,26,28);1-2H3. The SMILES string of the molecule is CC.CC1(C)OB(c2ccc(NC(=O)c3ccc(CN4CCS(=O)(=O)CC4)cc3)cc2)OC1(C)C. The smallest absolute Gasteiger partial charge is 0.399 e. The highest BCUT2D eigenvalue weighted by atomic mass is 32.2. The number of rotatable bonds is 5. The summed E-state index contributed by atoms with van der Waals surface area (Å²) in [7, 11) is -3.32. The van der Waals surface area contributed by atoms with E-state index in [4.69, 9.17) is 9.31 Å². The Morgan fingerprint density at radius 1 is 0.914 bits per heavy atom. The second-order valence-electron chi connectivity index (χ2n) is 9.79. The van der Waals surface area contributed by atoms with E-state index < -0.39 is 28.2 Å². The van der Waals surface area contributed by atoms with E-state index in [2.05, 4.69) is 10.2 Å². The van der Waals surface area contributed by atoms with Gasteiger partial charge in [0, 0.05) is 30.9 Å². The molecule has 0 aromatic heterocycles. The van der Waals surface area contributed by atoms with Crippen LogP contribution in [0.2, 0.25) is 0 Å². The summed E-state index contributed by atoms with van der Waals surface area (Å²) in [4.78, 5) is 14.8. The Morgan fingerprint density at radius 3 is 1.94 bits per heavy atom. The lowest BCUT2D eigenvalue weighted by molar-refractivity contribution is 0.00578. The van der Waals surface area contributed by atoms with Gasteiger partial charge in [-0.15, -0.1) is 0 Å². The maximum absolute atomic E-state index is 12.7. The molecule has 7 nitrogen and oxygen atoms in total. The van der Waals surface area contributed by atoms with Crippen LogP contribution in [0.5, 0.6) is 0 Å². The van der Waals surface area contributed by atoms with Crippen LogP contribution < -0.4 is 10.8 Å². The molecule has 2 heterocycles. The zero-order valence-electron chi connectivity index (χ0n) is 21.6. The summed E-state index contributed by atoms with van der Waals surface area (Å²) in [5.74, 6) is 0.232. The van der Waals surface area contributed by atoms with Gasteiger partial charge in [-0.05, 0) is 63.0 Å². The summed E-state index contributed by atoms with van der Waals surface area (Å²) >= 11 is 0. The van der Waals surface area contributed by atoms with Gasteiger partial charge >= 0.3 is 7.12 Å². The average Bonchev–Trinajstić information content (AvgIpc) is 3.04. The van der Waals surface area contributed by atoms with E-state index >= 15 is 0 Å². The summed E-state index contributed by atoms with van der Waals surface area (Å²) in [6.45, 7) is 13.8. The van der Waals surface area contributed by atoms with Crippen LogP contribution in [0, 0.1) is 0 Å². The van der Waals surface area contributed by atoms with Gasteiger partial charge in [-0.3, -0.25) is 9.69 Å². The Kier molecular flexibility index (Phi) is 8.47. The van der Waals surface area contributed by atoms with Crippen molar-refractivity contribution in [1.29, 1.82) is 0 Å². The van der Waals surface area contributed by atoms with E-state index in [9.17, 15) is 13.2 Å². The number of carbonyl (C=O) groups excluding carboxylic acids is 1. The number of amides is 1. The molecule has 0 spiro atoms. The molecule has 2 aromatic carbocycles. The number of nitrogens with zero attached hydrogens (tertiary/aromatic N) is 1. The molecule has 0 atom stereocenters. The maximum atomic E-state index is 12.7. The Hall–Kier alpha value is -2.20. The lowest BCUT2D eigenvalue weighted by Gasteiger charge is -2.32. The number of hydrogen-bond donors (Lipinski definition) is 1. The van der Waals surface area contributed by atoms with E-state index in [1.807, 2.05) is 77.9 Å². The van der Waals surface area contributed by atoms with Crippen molar-refractivity contribution in [3.05, 3.63) is 59.7 Å². The predicted molar refractivity (Wildman–Crippen MR) is 142 cm³/mol. The number of benzene rings is 2. The van der Waals surface area contributed by atoms with Gasteiger partial charge in [0.2, 0.25) is 0 Å². The number of anilines is 1. The highest BCUT2D eigenvalue weighted by molar-refractivity contribution is 7.91. The molecule has 0 radical (unpaired) electrons. The Balaban J connectivity index is 0.00000167. The van der Waals surface area contributed by atoms with E-state index in [1.54, 1.807) is 12.1 Å². The van der Waals surface area contributed by atoms with E-state index in [-0.39, 0.29) is 17.4 Å². The predicted octanol–water partition coefficient (Wildman–Crippen LogP) is 3.49. The first-order valence-electron chi connectivity index (χ1n) is 12.2. The first kappa shape index (κ1) is 27.4. The molecule has 0 aliphatic carbocycles. The van der Waals surface area contributed by atoms with Crippen LogP contribution in [0.3, 0.4) is 0 Å². The molecule has 2 fully saturated rings. The first-order chi connectivity index (χ1) is 16.4. The summed E-state index contributed by atoms with van der Waals surface area (Å²) < 4.78 is 35.3. The highest BCUT2D eigenvalue weighted by Crippen LogP contribution is 2.36. The van der Waals surface area contributed by atoms with Crippen LogP contribution in [-0.2, 0) is 25.7 Å². The van der Waals surface area contributed by atoms with Crippen molar-refractivity contribution in [3.8, 4) is 0 Å². The summed E-state index contributed by atoms with van der Waals surface area (Å²) in [5, 5.41) is 2.92. The van der Waals surface area contributed by atoms with E-state index in [0.29, 0.717) is 30.9 Å². The minimum Gasteiger partial charge on any atom is -0.399 e. The second kappa shape index (κ2) is 10.8. The highest BCUT2D eigenvalue weighted by Gasteiger charge is 2.51. The van der Waals surface area contributed by atoms with Crippen LogP contribution in [0.25, 0.3) is 0 Å². The lowest BCUT2D eigenvalue weighted by Crippen LogP contribution is -2.41. The van der Waals surface area contributed by atoms with Crippen molar-refractivity contribution in [2.24, 2.45) is 0 Å². The lowest BCUT2D eigenvalue weighted by atomic mass is 9.79. The summed E-state index contributed by atoms with van der Waals surface area (Å²) in [6, 6.07) is 14.9. The molecule has 0 saturated carbocycles. The summed E-state index contributed by atoms with van der Waals surface area (Å²) in [6.07, 6.45) is 0. The molecule has 2 aliphatic heterocycles. The number of sulfone groups is 1. The maximum Gasteiger partial charge on any atom is 0.494 e. The molecule has 2 aliphatic rings. The molecule has 0 unspecified atom stereocenters. The second-order valence-corrected chi connectivity index (χ2v) is 12.1. The Morgan fingerprint density at radius 2 is 1.43 bits per heavy atom. The molecule has 4 rings (SSSR count). The van der Waals surface area contributed by atoms with Crippen molar-refractivity contribution in [2.45, 2.75) is 59.3 Å². The van der Waals surface area contributed by atoms with Gasteiger partial charge in [0.15, 0.2) is 9.84 Å². The fourth-order valence-corrected chi connectivity index (χ4v) is 5.11. The quantitative estimate of drug-likeness (QED) is 0.633. The number of hydrogen-bond acceptors (Lipinski definition) is 6. The first-order valence-corrected chi connectivity index (χ1v) is 14.0. The van der Waals surface area contributed by atoms with Gasteiger partial charge in [-0.2, -0.15) is 0 Å². The van der Waals surface area contributed by atoms with Crippen molar-refractivity contribution in [1.82, 2.24) is 4.90 Å². The molecular formula is C26H37BN2O5S. The molecule has 35 heavy (non-hydrogen) atoms. The van der Waals surface area contributed by atoms with Gasteiger partial charge in [0.25, 0.3) is 5.91 Å². The van der Waals surface area contributed by atoms with Gasteiger partial charge in [-0.25, -0.2) is 8.42 Å². The zero-order valence-corrected chi connectivity index (χ0v) is 22.4. The monoisotopic (exact) mass is 500 g/mol. The van der Waals surface area contributed by atoms with Crippen molar-refractivity contribution in [3.63, 3.8) is 0 Å². The van der Waals surface area contributed by atoms with Crippen molar-refractivity contribution < 1.29 is 22.5 Å². The molecule has 1 N–H and O–H groups in total. The van der Waals surface area contributed by atoms with Gasteiger partial charge < -0.3 is 14.6 Å². The molecule has 2 aromatic rings. The molecule has 0 bridgehead atoms. The van der Waals surface area contributed by atoms with Crippen molar-refractivity contribution >= 4 is 34.0 Å². The molecule has 1 amide bonds. The van der Waals surface area contributed by atoms with Crippen LogP contribution in [0.4, 0.5) is 5.69 Å². The van der Waals surface area contributed by atoms with Crippen LogP contribution >= 0.6 is 0 Å². The Labute approximate surface area is 210 Å². The number of nitrogens with one attached hydrogen (secondary N) is 1. The molecular weight excluding hydrogens is 463 g/mol. The van der Waals surface area contributed by atoms with Crippen LogP contribution in [0.1, 0.15) is 57.5 Å². The van der Waals surface area contributed by atoms with Crippen LogP contribution in [-0.4, -0.2) is 62.1 Å². The normalized spacial score (nSPS) is 20.6. The molecule has 9 heteroatoms. The zero-order chi connectivity index (χ0) is 25.9. The van der Waals surface area contributed by atoms with Crippen molar-refractivity contribution in [2.75, 3.05) is 29.9 Å². The molecule has 190 valence electrons. The average molecular weight is 500 g/mol. The summed E-state index contributed by atoms with van der Waals surface area (Å²) in [5.41, 5.74) is 2.41. The Bertz CT molecular complexity index is 1090. The minimum atomic E-state index is -2.88. The minimum absolute atomic E-state index is 0.186. The van der Waals surface area contributed by atoms with E-state index in [1.165, 1.54) is 0 Å². The third-order valence-electron chi connectivity index (χ3n) is 6.75. The van der Waals surface area contributed by atoms with Gasteiger partial charge in [0.1, 0.15) is 0 Å². The van der Waals surface area contributed by atoms with Crippen LogP contribution in [0.15, 0.2) is 48.5 Å². The number of carbonyl (C=O) groups is 1. The van der Waals surface area contributed by atoms with Gasteiger partial charge in [-0.1, -0.05) is 38.1 Å². The molecule has 2 saturated heterocycles. The van der Waals surface area contributed by atoms with E-state index in [0.717, 1.165) is 11.0 Å². The third kappa shape index (κ3) is 6.73. The largest absolute Gasteiger partial charge is 0.494 e. The fraction of sp³-hybridized carbons (Fsp3) is 0.500. The third-order valence-corrected chi connectivity index (χ3v) is 8.36. The fourth-order valence-electron chi connectivity index (χ4n) is 3.83.